The Bertz CT molecular complexity index is 3270. The summed E-state index contributed by atoms with van der Waals surface area (Å²) in [5.74, 6) is 1.55. The van der Waals surface area contributed by atoms with Crippen molar-refractivity contribution in [3.8, 4) is 51.0 Å². The molecule has 0 saturated carbocycles. The van der Waals surface area contributed by atoms with E-state index in [-0.39, 0.29) is 32.8 Å². The topological polar surface area (TPSA) is 56.7 Å². The maximum Gasteiger partial charge on any atom is 0.164 e. The van der Waals surface area contributed by atoms with Gasteiger partial charge in [0.25, 0.3) is 0 Å². The fourth-order valence-corrected chi connectivity index (χ4v) is 7.88. The highest BCUT2D eigenvalue weighted by atomic mass is 16.3. The second kappa shape index (κ2) is 13.4. The Balaban J connectivity index is 1.25. The van der Waals surface area contributed by atoms with E-state index in [1.807, 2.05) is 102 Å². The molecule has 10 rings (SSSR count). The van der Waals surface area contributed by atoms with Crippen molar-refractivity contribution in [1.82, 2.24) is 19.5 Å². The van der Waals surface area contributed by atoms with Crippen molar-refractivity contribution in [3.63, 3.8) is 0 Å². The van der Waals surface area contributed by atoms with Crippen LogP contribution in [0.1, 0.15) is 0 Å². The molecule has 14 radical (unpaired) electrons. The highest BCUT2D eigenvalue weighted by Gasteiger charge is 2.25. The normalized spacial score (nSPS) is 11.6. The molecule has 7 aromatic carbocycles. The SMILES string of the molecule is [B]c1cc([B])c2c(c1[B])c1c([B])c([B])c([B])c([B])c1n2-c1cccc2c1oc1cccc(-c3nc(-c4ccccc4)nc(-c4cccc(-c5ccccc5)c4)n3)c12. The third kappa shape index (κ3) is 5.45. The monoisotopic (exact) mass is 710 g/mol. The van der Waals surface area contributed by atoms with Crippen LogP contribution in [0.4, 0.5) is 0 Å². The molecule has 0 bridgehead atoms. The number of rotatable bonds is 5. The summed E-state index contributed by atoms with van der Waals surface area (Å²) in [5, 5.41) is 2.59. The molecule has 0 N–H and O–H groups in total. The first kappa shape index (κ1) is 35.0. The van der Waals surface area contributed by atoms with E-state index >= 15 is 0 Å². The molecular weight excluding hydrogens is 688 g/mol. The van der Waals surface area contributed by atoms with Crippen molar-refractivity contribution in [2.24, 2.45) is 0 Å². The fraction of sp³-hybridized carbons (Fsp3) is 0. The molecule has 10 aromatic rings. The molecule has 57 heavy (non-hydrogen) atoms. The first-order valence-corrected chi connectivity index (χ1v) is 18.1. The molecular formula is C45H21B7N4O. The van der Waals surface area contributed by atoms with Crippen LogP contribution in [0.5, 0.6) is 0 Å². The zero-order valence-electron chi connectivity index (χ0n) is 30.4. The van der Waals surface area contributed by atoms with E-state index in [1.165, 1.54) is 0 Å². The van der Waals surface area contributed by atoms with Crippen molar-refractivity contribution >= 4 is 137 Å². The summed E-state index contributed by atoms with van der Waals surface area (Å²) in [4.78, 5) is 15.2. The predicted molar refractivity (Wildman–Crippen MR) is 241 cm³/mol. The van der Waals surface area contributed by atoms with Crippen LogP contribution in [-0.4, -0.2) is 74.4 Å². The maximum atomic E-state index is 6.77. The van der Waals surface area contributed by atoms with E-state index in [0.717, 1.165) is 38.6 Å². The van der Waals surface area contributed by atoms with Crippen LogP contribution in [0.2, 0.25) is 0 Å². The quantitative estimate of drug-likeness (QED) is 0.258. The Morgan fingerprint density at radius 1 is 0.421 bits per heavy atom. The van der Waals surface area contributed by atoms with Gasteiger partial charge in [-0.05, 0) is 40.1 Å². The van der Waals surface area contributed by atoms with Crippen molar-refractivity contribution in [3.05, 3.63) is 127 Å². The Labute approximate surface area is 337 Å². The molecule has 3 aromatic heterocycles. The van der Waals surface area contributed by atoms with Crippen molar-refractivity contribution in [1.29, 1.82) is 0 Å². The number of nitrogens with zero attached hydrogens (tertiary/aromatic N) is 4. The Hall–Kier alpha value is -6.40. The van der Waals surface area contributed by atoms with Gasteiger partial charge in [0, 0.05) is 38.5 Å². The smallest absolute Gasteiger partial charge is 0.164 e. The van der Waals surface area contributed by atoms with Crippen LogP contribution in [0, 0.1) is 0 Å². The summed E-state index contributed by atoms with van der Waals surface area (Å²) in [5.41, 5.74) is 8.99. The van der Waals surface area contributed by atoms with Crippen LogP contribution < -0.4 is 38.2 Å². The van der Waals surface area contributed by atoms with E-state index in [0.29, 0.717) is 61.6 Å². The van der Waals surface area contributed by atoms with Gasteiger partial charge in [-0.1, -0.05) is 131 Å². The van der Waals surface area contributed by atoms with E-state index in [2.05, 4.69) is 24.3 Å². The van der Waals surface area contributed by atoms with Crippen molar-refractivity contribution in [2.45, 2.75) is 0 Å². The summed E-state index contributed by atoms with van der Waals surface area (Å²) < 4.78 is 8.63. The third-order valence-electron chi connectivity index (χ3n) is 10.6. The second-order valence-electron chi connectivity index (χ2n) is 14.0. The summed E-state index contributed by atoms with van der Waals surface area (Å²) >= 11 is 0. The number of hydrogen-bond acceptors (Lipinski definition) is 4. The third-order valence-corrected chi connectivity index (χ3v) is 10.6. The first-order valence-electron chi connectivity index (χ1n) is 18.1. The number of benzene rings is 7. The van der Waals surface area contributed by atoms with Gasteiger partial charge in [0.1, 0.15) is 60.5 Å². The van der Waals surface area contributed by atoms with Gasteiger partial charge in [-0.3, -0.25) is 0 Å². The number of hydrogen-bond donors (Lipinski definition) is 0. The highest BCUT2D eigenvalue weighted by Crippen LogP contribution is 2.40. The van der Waals surface area contributed by atoms with Gasteiger partial charge in [-0.15, -0.1) is 16.4 Å². The number of fused-ring (bicyclic) bond motifs is 6. The zero-order chi connectivity index (χ0) is 39.1. The van der Waals surface area contributed by atoms with Crippen LogP contribution in [0.15, 0.2) is 132 Å². The van der Waals surface area contributed by atoms with Crippen LogP contribution in [0.25, 0.3) is 94.7 Å². The van der Waals surface area contributed by atoms with Crippen molar-refractivity contribution < 1.29 is 4.42 Å². The Morgan fingerprint density at radius 2 is 1.02 bits per heavy atom. The molecule has 0 atom stereocenters. The van der Waals surface area contributed by atoms with Gasteiger partial charge >= 0.3 is 0 Å². The first-order chi connectivity index (χ1) is 27.7. The Morgan fingerprint density at radius 3 is 1.77 bits per heavy atom. The summed E-state index contributed by atoms with van der Waals surface area (Å²) in [6.07, 6.45) is 0. The molecule has 0 unspecified atom stereocenters. The average Bonchev–Trinajstić information content (AvgIpc) is 3.82. The van der Waals surface area contributed by atoms with Crippen molar-refractivity contribution in [2.75, 3.05) is 0 Å². The number of aromatic nitrogens is 4. The molecule has 12 heteroatoms. The molecule has 0 aliphatic rings. The maximum absolute atomic E-state index is 6.77. The van der Waals surface area contributed by atoms with E-state index in [1.54, 1.807) is 6.07 Å². The van der Waals surface area contributed by atoms with Gasteiger partial charge in [0.2, 0.25) is 0 Å². The largest absolute Gasteiger partial charge is 0.454 e. The highest BCUT2D eigenvalue weighted by molar-refractivity contribution is 6.69. The van der Waals surface area contributed by atoms with E-state index in [9.17, 15) is 0 Å². The van der Waals surface area contributed by atoms with Crippen LogP contribution in [-0.2, 0) is 0 Å². The molecule has 0 aliphatic heterocycles. The van der Waals surface area contributed by atoms with E-state index < -0.39 is 0 Å². The molecule has 5 nitrogen and oxygen atoms in total. The molecule has 0 amide bonds. The summed E-state index contributed by atoms with van der Waals surface area (Å²) in [6, 6.07) is 41.5. The van der Waals surface area contributed by atoms with Crippen LogP contribution in [0.3, 0.4) is 0 Å². The minimum atomic E-state index is 0.141. The molecule has 0 saturated heterocycles. The number of furan rings is 1. The minimum Gasteiger partial charge on any atom is -0.454 e. The van der Waals surface area contributed by atoms with Gasteiger partial charge < -0.3 is 8.98 Å². The lowest BCUT2D eigenvalue weighted by Crippen LogP contribution is -2.48. The van der Waals surface area contributed by atoms with Gasteiger partial charge in [0.15, 0.2) is 23.1 Å². The standard InChI is InChI=1S/C45H21B7N4O/c46-28-21-29(47)40-33(35(28)48)34-36(49)37(50)38(51)39(52)41(34)56(40)30-18-8-16-26-32-27(17-9-19-31(32)57-42(26)30)45-54-43(23-12-5-2-6-13-23)53-44(55-45)25-15-7-14-24(20-25)22-10-3-1-4-11-22/h1-21H. The fourth-order valence-electron chi connectivity index (χ4n) is 7.88. The lowest BCUT2D eigenvalue weighted by atomic mass is 9.64. The van der Waals surface area contributed by atoms with Gasteiger partial charge in [-0.2, -0.15) is 0 Å². The van der Waals surface area contributed by atoms with Crippen LogP contribution >= 0.6 is 0 Å². The Kier molecular flexibility index (Phi) is 8.22. The zero-order valence-corrected chi connectivity index (χ0v) is 30.4. The lowest BCUT2D eigenvalue weighted by Gasteiger charge is -2.17. The number of para-hydroxylation sites is 1. The molecule has 0 fully saturated rings. The second-order valence-corrected chi connectivity index (χ2v) is 14.0. The molecule has 0 aliphatic carbocycles. The predicted octanol–water partition coefficient (Wildman–Crippen LogP) is 3.09. The molecule has 248 valence electrons. The lowest BCUT2D eigenvalue weighted by molar-refractivity contribution is 0.666. The average molecular weight is 709 g/mol. The van der Waals surface area contributed by atoms with E-state index in [4.69, 9.17) is 74.3 Å². The van der Waals surface area contributed by atoms with Gasteiger partial charge in [-0.25, -0.2) is 15.0 Å². The molecule has 0 spiro atoms. The minimum absolute atomic E-state index is 0.141. The summed E-state index contributed by atoms with van der Waals surface area (Å²) in [6.45, 7) is 0. The molecule has 3 heterocycles. The van der Waals surface area contributed by atoms with Gasteiger partial charge in [0.05, 0.1) is 5.69 Å². The summed E-state index contributed by atoms with van der Waals surface area (Å²) in [7, 11) is 46.0.